The Labute approximate surface area is 142 Å². The lowest BCUT2D eigenvalue weighted by molar-refractivity contribution is 0.101. The van der Waals surface area contributed by atoms with Crippen LogP contribution in [0.2, 0.25) is 0 Å². The van der Waals surface area contributed by atoms with E-state index in [0.29, 0.717) is 28.9 Å². The molecular weight excluding hydrogens is 325 g/mol. The molecule has 0 amide bonds. The minimum absolute atomic E-state index is 0.0994. The smallest absolute Gasteiger partial charge is 0.258 e. The summed E-state index contributed by atoms with van der Waals surface area (Å²) < 4.78 is 15.2. The molecule has 0 atom stereocenters. The second-order valence-corrected chi connectivity index (χ2v) is 6.78. The molecule has 0 spiro atoms. The zero-order valence-corrected chi connectivity index (χ0v) is 13.8. The first-order valence-corrected chi connectivity index (χ1v) is 8.55. The molecule has 120 valence electrons. The first kappa shape index (κ1) is 15.0. The molecule has 0 unspecified atom stereocenters. The maximum atomic E-state index is 13.6. The van der Waals surface area contributed by atoms with Gasteiger partial charge < -0.3 is 4.57 Å². The Hall–Kier alpha value is -2.53. The lowest BCUT2D eigenvalue weighted by atomic mass is 9.96. The summed E-state index contributed by atoms with van der Waals surface area (Å²) in [5.41, 5.74) is 3.06. The van der Waals surface area contributed by atoms with Crippen LogP contribution in [-0.2, 0) is 13.0 Å². The number of hydrogen-bond donors (Lipinski definition) is 0. The predicted octanol–water partition coefficient (Wildman–Crippen LogP) is 4.14. The number of ketones is 1. The molecular formula is C19H14FNO2S. The lowest BCUT2D eigenvalue weighted by Crippen LogP contribution is -2.28. The van der Waals surface area contributed by atoms with Crippen molar-refractivity contribution in [3.63, 3.8) is 0 Å². The maximum Gasteiger partial charge on any atom is 0.258 e. The molecule has 2 aromatic heterocycles. The summed E-state index contributed by atoms with van der Waals surface area (Å²) in [5, 5.41) is 1.98. The van der Waals surface area contributed by atoms with Crippen molar-refractivity contribution < 1.29 is 9.18 Å². The number of benzene rings is 1. The number of aromatic nitrogens is 1. The fourth-order valence-corrected chi connectivity index (χ4v) is 4.25. The van der Waals surface area contributed by atoms with Crippen LogP contribution in [0.1, 0.15) is 22.8 Å². The SMILES string of the molecule is CC(=O)c1cc(-c2cccc(F)c2)c(=O)n2c1-c1sccc1CC2. The molecule has 0 aliphatic carbocycles. The lowest BCUT2D eigenvalue weighted by Gasteiger charge is -2.22. The Morgan fingerprint density at radius 1 is 1.25 bits per heavy atom. The van der Waals surface area contributed by atoms with Gasteiger partial charge in [-0.3, -0.25) is 9.59 Å². The van der Waals surface area contributed by atoms with Crippen molar-refractivity contribution in [2.75, 3.05) is 0 Å². The Bertz CT molecular complexity index is 1030. The van der Waals surface area contributed by atoms with E-state index in [2.05, 4.69) is 0 Å². The Morgan fingerprint density at radius 2 is 2.08 bits per heavy atom. The van der Waals surface area contributed by atoms with Gasteiger partial charge in [0.25, 0.3) is 5.56 Å². The summed E-state index contributed by atoms with van der Waals surface area (Å²) >= 11 is 1.54. The van der Waals surface area contributed by atoms with Crippen LogP contribution in [0.25, 0.3) is 21.7 Å². The van der Waals surface area contributed by atoms with Crippen LogP contribution in [0, 0.1) is 5.82 Å². The third-order valence-electron chi connectivity index (χ3n) is 4.37. The third kappa shape index (κ3) is 2.24. The topological polar surface area (TPSA) is 39.1 Å². The molecule has 0 N–H and O–H groups in total. The van der Waals surface area contributed by atoms with Gasteiger partial charge in [-0.1, -0.05) is 12.1 Å². The quantitative estimate of drug-likeness (QED) is 0.658. The average molecular weight is 339 g/mol. The number of fused-ring (bicyclic) bond motifs is 3. The number of carbonyl (C=O) groups excluding carboxylic acids is 1. The molecule has 0 radical (unpaired) electrons. The van der Waals surface area contributed by atoms with Crippen LogP contribution in [0.3, 0.4) is 0 Å². The highest BCUT2D eigenvalue weighted by molar-refractivity contribution is 7.13. The Morgan fingerprint density at radius 3 is 2.83 bits per heavy atom. The monoisotopic (exact) mass is 339 g/mol. The molecule has 0 fully saturated rings. The van der Waals surface area contributed by atoms with E-state index in [9.17, 15) is 14.0 Å². The first-order chi connectivity index (χ1) is 11.6. The van der Waals surface area contributed by atoms with Gasteiger partial charge in [0.2, 0.25) is 0 Å². The number of rotatable bonds is 2. The predicted molar refractivity (Wildman–Crippen MR) is 93.1 cm³/mol. The van der Waals surface area contributed by atoms with Gasteiger partial charge in [-0.25, -0.2) is 4.39 Å². The summed E-state index contributed by atoms with van der Waals surface area (Å²) in [6, 6.07) is 9.57. The van der Waals surface area contributed by atoms with Crippen molar-refractivity contribution in [2.24, 2.45) is 0 Å². The van der Waals surface area contributed by atoms with E-state index in [4.69, 9.17) is 0 Å². The molecule has 3 nitrogen and oxygen atoms in total. The number of halogens is 1. The average Bonchev–Trinajstić information content (AvgIpc) is 3.03. The fraction of sp³-hybridized carbons (Fsp3) is 0.158. The standard InChI is InChI=1S/C19H14FNO2S/c1-11(22)15-10-16(13-3-2-4-14(20)9-13)19(23)21-7-5-12-6-8-24-18(12)17(15)21/h2-4,6,8-10H,5,7H2,1H3. The van der Waals surface area contributed by atoms with Gasteiger partial charge in [0.1, 0.15) is 5.82 Å². The minimum atomic E-state index is -0.403. The summed E-state index contributed by atoms with van der Waals surface area (Å²) in [6.07, 6.45) is 0.760. The van der Waals surface area contributed by atoms with Crippen LogP contribution >= 0.6 is 11.3 Å². The van der Waals surface area contributed by atoms with Crippen LogP contribution < -0.4 is 5.56 Å². The van der Waals surface area contributed by atoms with E-state index in [1.54, 1.807) is 34.1 Å². The van der Waals surface area contributed by atoms with Crippen LogP contribution in [0.15, 0.2) is 46.6 Å². The summed E-state index contributed by atoms with van der Waals surface area (Å²) in [5.74, 6) is -0.503. The van der Waals surface area contributed by atoms with E-state index < -0.39 is 5.82 Å². The van der Waals surface area contributed by atoms with Gasteiger partial charge >= 0.3 is 0 Å². The molecule has 1 aliphatic heterocycles. The number of nitrogens with zero attached hydrogens (tertiary/aromatic N) is 1. The number of hydrogen-bond acceptors (Lipinski definition) is 3. The summed E-state index contributed by atoms with van der Waals surface area (Å²) in [4.78, 5) is 26.2. The minimum Gasteiger partial charge on any atom is -0.306 e. The zero-order chi connectivity index (χ0) is 16.8. The molecule has 0 bridgehead atoms. The highest BCUT2D eigenvalue weighted by Crippen LogP contribution is 2.36. The van der Waals surface area contributed by atoms with Crippen molar-refractivity contribution >= 4 is 17.1 Å². The van der Waals surface area contributed by atoms with Gasteiger partial charge in [0.05, 0.1) is 10.6 Å². The second kappa shape index (κ2) is 5.53. The van der Waals surface area contributed by atoms with Crippen molar-refractivity contribution in [1.82, 2.24) is 4.57 Å². The van der Waals surface area contributed by atoms with Crippen molar-refractivity contribution in [1.29, 1.82) is 0 Å². The van der Waals surface area contributed by atoms with E-state index in [0.717, 1.165) is 11.3 Å². The summed E-state index contributed by atoms with van der Waals surface area (Å²) in [7, 11) is 0. The maximum absolute atomic E-state index is 13.6. The number of pyridine rings is 1. The first-order valence-electron chi connectivity index (χ1n) is 7.67. The number of carbonyl (C=O) groups is 1. The van der Waals surface area contributed by atoms with Crippen molar-refractivity contribution in [2.45, 2.75) is 19.9 Å². The number of aryl methyl sites for hydroxylation is 1. The van der Waals surface area contributed by atoms with E-state index >= 15 is 0 Å². The third-order valence-corrected chi connectivity index (χ3v) is 5.33. The molecule has 1 aliphatic rings. The largest absolute Gasteiger partial charge is 0.306 e. The number of thiophene rings is 1. The Balaban J connectivity index is 2.06. The van der Waals surface area contributed by atoms with Gasteiger partial charge in [-0.05, 0) is 54.1 Å². The molecule has 3 heterocycles. The van der Waals surface area contributed by atoms with E-state index in [1.807, 2.05) is 11.4 Å². The highest BCUT2D eigenvalue weighted by atomic mass is 32.1. The van der Waals surface area contributed by atoms with E-state index in [1.165, 1.54) is 24.6 Å². The van der Waals surface area contributed by atoms with Gasteiger partial charge in [0.15, 0.2) is 5.78 Å². The Kier molecular flexibility index (Phi) is 3.46. The molecule has 1 aromatic carbocycles. The fourth-order valence-electron chi connectivity index (χ4n) is 3.23. The zero-order valence-electron chi connectivity index (χ0n) is 13.0. The van der Waals surface area contributed by atoms with Gasteiger partial charge in [-0.15, -0.1) is 11.3 Å². The van der Waals surface area contributed by atoms with Crippen molar-refractivity contribution in [3.05, 3.63) is 69.1 Å². The van der Waals surface area contributed by atoms with Crippen LogP contribution in [0.5, 0.6) is 0 Å². The molecule has 4 rings (SSSR count). The number of Topliss-reactive ketones (excluding diaryl/α,β-unsaturated/α-hetero) is 1. The van der Waals surface area contributed by atoms with Crippen molar-refractivity contribution in [3.8, 4) is 21.7 Å². The summed E-state index contributed by atoms with van der Waals surface area (Å²) in [6.45, 7) is 2.03. The highest BCUT2D eigenvalue weighted by Gasteiger charge is 2.25. The van der Waals surface area contributed by atoms with Crippen LogP contribution in [-0.4, -0.2) is 10.4 Å². The molecule has 0 saturated carbocycles. The second-order valence-electron chi connectivity index (χ2n) is 5.87. The molecule has 3 aromatic rings. The normalized spacial score (nSPS) is 12.6. The van der Waals surface area contributed by atoms with E-state index in [-0.39, 0.29) is 11.3 Å². The molecule has 5 heteroatoms. The molecule has 0 saturated heterocycles. The van der Waals surface area contributed by atoms with Gasteiger partial charge in [0, 0.05) is 17.7 Å². The van der Waals surface area contributed by atoms with Crippen LogP contribution in [0.4, 0.5) is 4.39 Å². The molecule has 24 heavy (non-hydrogen) atoms. The van der Waals surface area contributed by atoms with Gasteiger partial charge in [-0.2, -0.15) is 0 Å².